The van der Waals surface area contributed by atoms with Gasteiger partial charge in [0.25, 0.3) is 0 Å². The summed E-state index contributed by atoms with van der Waals surface area (Å²) in [5.41, 5.74) is 6.45. The van der Waals surface area contributed by atoms with Crippen LogP contribution in [0.1, 0.15) is 25.8 Å². The summed E-state index contributed by atoms with van der Waals surface area (Å²) in [5.74, 6) is 0.728. The molecule has 0 unspecified atom stereocenters. The van der Waals surface area contributed by atoms with Gasteiger partial charge in [-0.05, 0) is 30.5 Å². The second-order valence-electron chi connectivity index (χ2n) is 8.26. The monoisotopic (exact) mass is 484 g/mol. The predicted molar refractivity (Wildman–Crippen MR) is 147 cm³/mol. The summed E-state index contributed by atoms with van der Waals surface area (Å²) in [6, 6.07) is 28.6. The van der Waals surface area contributed by atoms with Crippen molar-refractivity contribution in [3.05, 3.63) is 90.5 Å². The van der Waals surface area contributed by atoms with Gasteiger partial charge >= 0.3 is 6.03 Å². The fourth-order valence-electron chi connectivity index (χ4n) is 3.97. The lowest BCUT2D eigenvalue weighted by atomic mass is 10.0. The number of amides is 2. The van der Waals surface area contributed by atoms with Crippen LogP contribution < -0.4 is 10.6 Å². The van der Waals surface area contributed by atoms with Crippen LogP contribution in [-0.4, -0.2) is 27.9 Å². The molecule has 2 N–H and O–H groups in total. The number of anilines is 1. The largest absolute Gasteiger partial charge is 0.337 e. The van der Waals surface area contributed by atoms with Gasteiger partial charge in [0.2, 0.25) is 0 Å². The van der Waals surface area contributed by atoms with Crippen LogP contribution in [0, 0.1) is 0 Å². The molecule has 0 fully saturated rings. The van der Waals surface area contributed by atoms with Crippen LogP contribution >= 0.6 is 11.8 Å². The highest BCUT2D eigenvalue weighted by Gasteiger charge is 2.19. The Kier molecular flexibility index (Phi) is 8.63. The van der Waals surface area contributed by atoms with Crippen LogP contribution in [0.3, 0.4) is 0 Å². The van der Waals surface area contributed by atoms with E-state index in [-0.39, 0.29) is 6.03 Å². The van der Waals surface area contributed by atoms with Crippen molar-refractivity contribution in [1.29, 1.82) is 0 Å². The highest BCUT2D eigenvalue weighted by molar-refractivity contribution is 7.99. The van der Waals surface area contributed by atoms with Crippen molar-refractivity contribution >= 4 is 23.5 Å². The van der Waals surface area contributed by atoms with Gasteiger partial charge < -0.3 is 15.2 Å². The number of nitrogens with one attached hydrogen (secondary N) is 2. The zero-order chi connectivity index (χ0) is 24.5. The average molecular weight is 485 g/mol. The molecule has 4 rings (SSSR count). The topological polar surface area (TPSA) is 59.0 Å². The van der Waals surface area contributed by atoms with E-state index in [1.807, 2.05) is 48.5 Å². The molecule has 0 saturated heterocycles. The minimum Gasteiger partial charge on any atom is -0.337 e. The number of rotatable bonds is 10. The third-order valence-corrected chi connectivity index (χ3v) is 6.69. The van der Waals surface area contributed by atoms with Crippen LogP contribution in [0.15, 0.2) is 90.1 Å². The number of hydrogen-bond acceptors (Lipinski definition) is 3. The molecule has 0 aliphatic carbocycles. The zero-order valence-electron chi connectivity index (χ0n) is 20.3. The summed E-state index contributed by atoms with van der Waals surface area (Å²) in [6.07, 6.45) is 1.99. The molecule has 0 aliphatic heterocycles. The molecule has 4 aromatic rings. The van der Waals surface area contributed by atoms with Crippen molar-refractivity contribution in [3.63, 3.8) is 0 Å². The summed E-state index contributed by atoms with van der Waals surface area (Å²) in [7, 11) is 0. The van der Waals surface area contributed by atoms with Crippen molar-refractivity contribution in [2.45, 2.75) is 38.4 Å². The lowest BCUT2D eigenvalue weighted by Crippen LogP contribution is -2.30. The fourth-order valence-corrected chi connectivity index (χ4v) is 4.85. The van der Waals surface area contributed by atoms with E-state index in [2.05, 4.69) is 65.4 Å². The molecule has 0 atom stereocenters. The maximum atomic E-state index is 12.3. The zero-order valence-corrected chi connectivity index (χ0v) is 21.1. The molecule has 35 heavy (non-hydrogen) atoms. The van der Waals surface area contributed by atoms with Crippen molar-refractivity contribution in [1.82, 2.24) is 14.9 Å². The smallest absolute Gasteiger partial charge is 0.319 e. The summed E-state index contributed by atoms with van der Waals surface area (Å²) < 4.78 is 2.32. The summed E-state index contributed by atoms with van der Waals surface area (Å²) in [5, 5.41) is 6.83. The van der Waals surface area contributed by atoms with Crippen LogP contribution in [0.2, 0.25) is 0 Å². The molecule has 0 saturated carbocycles. The lowest BCUT2D eigenvalue weighted by molar-refractivity contribution is 0.252. The Labute approximate surface area is 212 Å². The number of benzene rings is 3. The molecule has 0 bridgehead atoms. The first-order chi connectivity index (χ1) is 17.2. The van der Waals surface area contributed by atoms with E-state index in [0.29, 0.717) is 6.54 Å². The standard InChI is InChI=1S/C29H32N4OS/c1-3-20-33-27(24-13-9-6-10-14-24)26(23-11-7-5-8-12-23)32-29(33)35-21-19-30-28(34)31-25-17-15-22(4-2)16-18-25/h5-18H,3-4,19-21H2,1-2H3,(H2,30,31,34). The second-order valence-corrected chi connectivity index (χ2v) is 9.32. The maximum absolute atomic E-state index is 12.3. The minimum atomic E-state index is -0.193. The first-order valence-corrected chi connectivity index (χ1v) is 13.2. The molecule has 6 heteroatoms. The van der Waals surface area contributed by atoms with Gasteiger partial charge in [0, 0.05) is 35.7 Å². The Hall–Kier alpha value is -3.51. The van der Waals surface area contributed by atoms with Gasteiger partial charge in [0.1, 0.15) is 0 Å². The molecule has 1 heterocycles. The molecular weight excluding hydrogens is 452 g/mol. The summed E-state index contributed by atoms with van der Waals surface area (Å²) in [4.78, 5) is 17.4. The minimum absolute atomic E-state index is 0.193. The average Bonchev–Trinajstić information content (AvgIpc) is 3.26. The fraction of sp³-hybridized carbons (Fsp3) is 0.241. The molecule has 0 spiro atoms. The van der Waals surface area contributed by atoms with E-state index in [1.165, 1.54) is 5.56 Å². The molecule has 1 aromatic heterocycles. The number of aromatic nitrogens is 2. The van der Waals surface area contributed by atoms with E-state index in [0.717, 1.165) is 58.5 Å². The quantitative estimate of drug-likeness (QED) is 0.186. The van der Waals surface area contributed by atoms with Crippen molar-refractivity contribution < 1.29 is 4.79 Å². The highest BCUT2D eigenvalue weighted by Crippen LogP contribution is 2.36. The van der Waals surface area contributed by atoms with Gasteiger partial charge in [-0.1, -0.05) is 98.4 Å². The van der Waals surface area contributed by atoms with E-state index < -0.39 is 0 Å². The third-order valence-electron chi connectivity index (χ3n) is 5.71. The Morgan fingerprint density at radius 1 is 0.886 bits per heavy atom. The van der Waals surface area contributed by atoms with Crippen LogP contribution in [0.5, 0.6) is 0 Å². The number of thioether (sulfide) groups is 1. The van der Waals surface area contributed by atoms with E-state index >= 15 is 0 Å². The van der Waals surface area contributed by atoms with Gasteiger partial charge in [-0.3, -0.25) is 0 Å². The molecule has 180 valence electrons. The predicted octanol–water partition coefficient (Wildman–Crippen LogP) is 7.10. The van der Waals surface area contributed by atoms with Crippen LogP contribution in [0.4, 0.5) is 10.5 Å². The van der Waals surface area contributed by atoms with Crippen LogP contribution in [-0.2, 0) is 13.0 Å². The number of carbonyl (C=O) groups is 1. The van der Waals surface area contributed by atoms with Gasteiger partial charge in [-0.2, -0.15) is 0 Å². The number of urea groups is 1. The van der Waals surface area contributed by atoms with Gasteiger partial charge in [-0.15, -0.1) is 0 Å². The molecule has 2 amide bonds. The maximum Gasteiger partial charge on any atom is 0.319 e. The Morgan fingerprint density at radius 2 is 1.54 bits per heavy atom. The molecule has 3 aromatic carbocycles. The van der Waals surface area contributed by atoms with Gasteiger partial charge in [0.05, 0.1) is 11.4 Å². The van der Waals surface area contributed by atoms with Crippen LogP contribution in [0.25, 0.3) is 22.5 Å². The Bertz CT molecular complexity index is 1220. The van der Waals surface area contributed by atoms with Crippen molar-refractivity contribution in [2.24, 2.45) is 0 Å². The number of nitrogens with zero attached hydrogens (tertiary/aromatic N) is 2. The van der Waals surface area contributed by atoms with E-state index in [9.17, 15) is 4.79 Å². The molecule has 0 radical (unpaired) electrons. The Balaban J connectivity index is 1.47. The molecule has 0 aliphatic rings. The SMILES string of the molecule is CCCn1c(SCCNC(=O)Nc2ccc(CC)cc2)nc(-c2ccccc2)c1-c1ccccc1. The van der Waals surface area contributed by atoms with E-state index in [4.69, 9.17) is 4.98 Å². The van der Waals surface area contributed by atoms with E-state index in [1.54, 1.807) is 11.8 Å². The molecular formula is C29H32N4OS. The number of aryl methyl sites for hydroxylation is 1. The summed E-state index contributed by atoms with van der Waals surface area (Å²) >= 11 is 1.67. The van der Waals surface area contributed by atoms with Crippen molar-refractivity contribution in [3.8, 4) is 22.5 Å². The van der Waals surface area contributed by atoms with Gasteiger partial charge in [-0.25, -0.2) is 9.78 Å². The van der Waals surface area contributed by atoms with Gasteiger partial charge in [0.15, 0.2) is 5.16 Å². The second kappa shape index (κ2) is 12.3. The number of carbonyl (C=O) groups excluding carboxylic acids is 1. The number of hydrogen-bond donors (Lipinski definition) is 2. The number of imidazole rings is 1. The van der Waals surface area contributed by atoms with Crippen molar-refractivity contribution in [2.75, 3.05) is 17.6 Å². The third kappa shape index (κ3) is 6.34. The summed E-state index contributed by atoms with van der Waals surface area (Å²) in [6.45, 7) is 5.73. The lowest BCUT2D eigenvalue weighted by Gasteiger charge is -2.12. The highest BCUT2D eigenvalue weighted by atomic mass is 32.2. The first-order valence-electron chi connectivity index (χ1n) is 12.2. The molecule has 5 nitrogen and oxygen atoms in total. The Morgan fingerprint density at radius 3 is 2.17 bits per heavy atom. The normalized spacial score (nSPS) is 10.8. The first kappa shape index (κ1) is 24.6.